The molecule has 14 nitrogen and oxygen atoms in total. The Kier molecular flexibility index (Phi) is 30.5. The normalized spacial score (nSPS) is 28.6. The van der Waals surface area contributed by atoms with Gasteiger partial charge in [0.25, 0.3) is 0 Å². The summed E-state index contributed by atoms with van der Waals surface area (Å²) in [6.07, 6.45) is 19.3. The minimum absolute atomic E-state index is 0.260. The van der Waals surface area contributed by atoms with Gasteiger partial charge in [-0.2, -0.15) is 0 Å². The third kappa shape index (κ3) is 21.5. The lowest BCUT2D eigenvalue weighted by molar-refractivity contribution is -0.359. The summed E-state index contributed by atoms with van der Waals surface area (Å²) < 4.78 is 22.6. The summed E-state index contributed by atoms with van der Waals surface area (Å²) in [4.78, 5) is 13.1. The van der Waals surface area contributed by atoms with E-state index in [0.29, 0.717) is 12.8 Å². The minimum atomic E-state index is -1.79. The van der Waals surface area contributed by atoms with E-state index < -0.39 is 86.8 Å². The van der Waals surface area contributed by atoms with Crippen LogP contribution in [0.5, 0.6) is 0 Å². The fraction of sp³-hybridized carbons (Fsp3) is 0.848. The highest BCUT2D eigenvalue weighted by atomic mass is 16.7. The van der Waals surface area contributed by atoms with Gasteiger partial charge in [0.1, 0.15) is 48.8 Å². The second kappa shape index (κ2) is 33.7. The molecule has 350 valence electrons. The standard InChI is InChI=1S/C46H83NO13/c1-3-5-7-9-11-13-14-15-16-17-18-19-20-21-22-24-26-28-30-38(51)47-34(35(50)29-27-25-23-12-10-8-6-4-2)33-57-45-43(56)41(54)44(37(32-49)59-45)60-46-42(55)40(53)39(52)36(31-48)58-46/h10,12,16-17,27,29,34-37,39-46,48-50,52-56H,3-9,11,13-15,18-26,28,30-33H2,1-2H3,(H,47,51)/b12-10+,17-16-,29-27+. The molecule has 2 heterocycles. The van der Waals surface area contributed by atoms with Crippen LogP contribution in [0.2, 0.25) is 0 Å². The molecule has 0 bridgehead atoms. The average molecular weight is 858 g/mol. The smallest absolute Gasteiger partial charge is 0.220 e. The molecule has 14 heteroatoms. The second-order valence-electron chi connectivity index (χ2n) is 16.5. The van der Waals surface area contributed by atoms with E-state index in [2.05, 4.69) is 43.5 Å². The van der Waals surface area contributed by atoms with Gasteiger partial charge < -0.3 is 65.1 Å². The number of allylic oxidation sites excluding steroid dienone is 5. The van der Waals surface area contributed by atoms with Crippen molar-refractivity contribution in [1.82, 2.24) is 5.32 Å². The van der Waals surface area contributed by atoms with Crippen molar-refractivity contribution in [3.05, 3.63) is 36.5 Å². The highest BCUT2D eigenvalue weighted by molar-refractivity contribution is 5.76. The number of carbonyl (C=O) groups excluding carboxylic acids is 1. The summed E-state index contributed by atoms with van der Waals surface area (Å²) in [5.41, 5.74) is 0. The van der Waals surface area contributed by atoms with Crippen molar-refractivity contribution < 1.29 is 64.6 Å². The molecule has 0 radical (unpaired) electrons. The number of ether oxygens (including phenoxy) is 4. The highest BCUT2D eigenvalue weighted by Crippen LogP contribution is 2.30. The van der Waals surface area contributed by atoms with E-state index in [9.17, 15) is 45.6 Å². The van der Waals surface area contributed by atoms with Gasteiger partial charge in [-0.05, 0) is 51.4 Å². The van der Waals surface area contributed by atoms with E-state index in [1.165, 1.54) is 70.6 Å². The van der Waals surface area contributed by atoms with Gasteiger partial charge in [-0.15, -0.1) is 0 Å². The molecule has 0 aromatic rings. The van der Waals surface area contributed by atoms with Crippen LogP contribution in [-0.2, 0) is 23.7 Å². The lowest BCUT2D eigenvalue weighted by Gasteiger charge is -2.46. The molecule has 2 fully saturated rings. The molecule has 2 aliphatic heterocycles. The summed E-state index contributed by atoms with van der Waals surface area (Å²) in [5, 5.41) is 86.2. The monoisotopic (exact) mass is 858 g/mol. The van der Waals surface area contributed by atoms with Crippen molar-refractivity contribution in [3.63, 3.8) is 0 Å². The second-order valence-corrected chi connectivity index (χ2v) is 16.5. The molecular formula is C46H83NO13. The van der Waals surface area contributed by atoms with E-state index in [0.717, 1.165) is 51.4 Å². The molecule has 12 atom stereocenters. The number of amides is 1. The summed E-state index contributed by atoms with van der Waals surface area (Å²) in [7, 11) is 0. The Morgan fingerprint density at radius 3 is 1.68 bits per heavy atom. The van der Waals surface area contributed by atoms with Crippen molar-refractivity contribution in [3.8, 4) is 0 Å². The van der Waals surface area contributed by atoms with Gasteiger partial charge in [0.05, 0.1) is 32.0 Å². The maximum Gasteiger partial charge on any atom is 0.220 e. The third-order valence-corrected chi connectivity index (χ3v) is 11.3. The SMILES string of the molecule is CCCC/C=C/CC/C=C/C(O)C(COC1OC(CO)C(OC2OC(CO)C(O)C(O)C2O)C(O)C1O)NC(=O)CCCCCCCCC/C=C\CCCCCCCCC. The van der Waals surface area contributed by atoms with Crippen molar-refractivity contribution in [2.24, 2.45) is 0 Å². The van der Waals surface area contributed by atoms with Gasteiger partial charge in [0.2, 0.25) is 5.91 Å². The Morgan fingerprint density at radius 1 is 0.583 bits per heavy atom. The number of aliphatic hydroxyl groups excluding tert-OH is 8. The fourth-order valence-electron chi connectivity index (χ4n) is 7.40. The Labute approximate surface area is 360 Å². The molecule has 2 aliphatic rings. The van der Waals surface area contributed by atoms with Crippen molar-refractivity contribution >= 4 is 5.91 Å². The number of rotatable bonds is 34. The predicted octanol–water partition coefficient (Wildman–Crippen LogP) is 4.76. The molecule has 0 spiro atoms. The van der Waals surface area contributed by atoms with Gasteiger partial charge in [0, 0.05) is 6.42 Å². The molecule has 0 aromatic carbocycles. The van der Waals surface area contributed by atoms with Crippen LogP contribution in [0.3, 0.4) is 0 Å². The first kappa shape index (κ1) is 54.3. The van der Waals surface area contributed by atoms with Crippen molar-refractivity contribution in [1.29, 1.82) is 0 Å². The molecule has 12 unspecified atom stereocenters. The lowest BCUT2D eigenvalue weighted by atomic mass is 9.97. The summed E-state index contributed by atoms with van der Waals surface area (Å²) in [6, 6.07) is -0.929. The van der Waals surface area contributed by atoms with Crippen LogP contribution in [-0.4, -0.2) is 140 Å². The molecule has 9 N–H and O–H groups in total. The first-order valence-corrected chi connectivity index (χ1v) is 23.2. The Balaban J connectivity index is 1.84. The maximum absolute atomic E-state index is 13.1. The largest absolute Gasteiger partial charge is 0.394 e. The zero-order chi connectivity index (χ0) is 44.0. The molecule has 1 amide bonds. The predicted molar refractivity (Wildman–Crippen MR) is 231 cm³/mol. The van der Waals surface area contributed by atoms with Crippen LogP contribution >= 0.6 is 0 Å². The summed E-state index contributed by atoms with van der Waals surface area (Å²) in [5.74, 6) is -0.260. The fourth-order valence-corrected chi connectivity index (χ4v) is 7.40. The maximum atomic E-state index is 13.1. The number of unbranched alkanes of at least 4 members (excludes halogenated alkanes) is 17. The molecule has 0 aromatic heterocycles. The number of nitrogens with one attached hydrogen (secondary N) is 1. The zero-order valence-corrected chi connectivity index (χ0v) is 36.7. The van der Waals surface area contributed by atoms with Gasteiger partial charge in [-0.1, -0.05) is 134 Å². The van der Waals surface area contributed by atoms with Crippen molar-refractivity contribution in [2.45, 2.75) is 229 Å². The number of hydrogen-bond acceptors (Lipinski definition) is 13. The van der Waals surface area contributed by atoms with Gasteiger partial charge in [-0.25, -0.2) is 0 Å². The van der Waals surface area contributed by atoms with Gasteiger partial charge >= 0.3 is 0 Å². The van der Waals surface area contributed by atoms with Crippen LogP contribution in [0.4, 0.5) is 0 Å². The minimum Gasteiger partial charge on any atom is -0.394 e. The first-order chi connectivity index (χ1) is 29.1. The van der Waals surface area contributed by atoms with Crippen LogP contribution in [0.1, 0.15) is 155 Å². The van der Waals surface area contributed by atoms with E-state index >= 15 is 0 Å². The van der Waals surface area contributed by atoms with Crippen LogP contribution in [0.15, 0.2) is 36.5 Å². The van der Waals surface area contributed by atoms with Crippen LogP contribution in [0.25, 0.3) is 0 Å². The van der Waals surface area contributed by atoms with E-state index in [1.807, 2.05) is 6.08 Å². The van der Waals surface area contributed by atoms with E-state index in [4.69, 9.17) is 18.9 Å². The highest BCUT2D eigenvalue weighted by Gasteiger charge is 2.50. The Morgan fingerprint density at radius 2 is 1.08 bits per heavy atom. The quantitative estimate of drug-likeness (QED) is 0.0315. The Bertz CT molecular complexity index is 1150. The molecule has 2 rings (SSSR count). The average Bonchev–Trinajstić information content (AvgIpc) is 3.24. The van der Waals surface area contributed by atoms with E-state index in [1.54, 1.807) is 6.08 Å². The molecule has 60 heavy (non-hydrogen) atoms. The number of aliphatic hydroxyl groups is 8. The van der Waals surface area contributed by atoms with Crippen molar-refractivity contribution in [2.75, 3.05) is 19.8 Å². The van der Waals surface area contributed by atoms with Crippen LogP contribution < -0.4 is 5.32 Å². The van der Waals surface area contributed by atoms with Crippen LogP contribution in [0, 0.1) is 0 Å². The number of carbonyl (C=O) groups is 1. The molecule has 0 saturated carbocycles. The summed E-state index contributed by atoms with van der Waals surface area (Å²) >= 11 is 0. The molecular weight excluding hydrogens is 774 g/mol. The van der Waals surface area contributed by atoms with E-state index in [-0.39, 0.29) is 18.9 Å². The zero-order valence-electron chi connectivity index (χ0n) is 36.7. The number of hydrogen-bond donors (Lipinski definition) is 9. The van der Waals surface area contributed by atoms with Gasteiger partial charge in [0.15, 0.2) is 12.6 Å². The topological polar surface area (TPSA) is 228 Å². The first-order valence-electron chi connectivity index (χ1n) is 23.2. The summed E-state index contributed by atoms with van der Waals surface area (Å²) in [6.45, 7) is 2.66. The van der Waals surface area contributed by atoms with Gasteiger partial charge in [-0.3, -0.25) is 4.79 Å². The third-order valence-electron chi connectivity index (χ3n) is 11.3. The Hall–Kier alpha value is -1.79. The molecule has 2 saturated heterocycles. The lowest BCUT2D eigenvalue weighted by Crippen LogP contribution is -2.65. The molecule has 0 aliphatic carbocycles.